The Hall–Kier alpha value is -1.00. The monoisotopic (exact) mass is 460 g/mol. The third-order valence-electron chi connectivity index (χ3n) is 6.16. The van der Waals surface area contributed by atoms with Gasteiger partial charge in [-0.1, -0.05) is 31.2 Å². The van der Waals surface area contributed by atoms with Crippen molar-refractivity contribution in [3.8, 4) is 0 Å². The van der Waals surface area contributed by atoms with Gasteiger partial charge in [-0.3, -0.25) is 0 Å². The first-order chi connectivity index (χ1) is 13.8. The molecule has 9 heteroatoms. The molecule has 1 atom stereocenters. The van der Waals surface area contributed by atoms with Gasteiger partial charge in [0.25, 0.3) is 0 Å². The summed E-state index contributed by atoms with van der Waals surface area (Å²) in [6, 6.07) is 7.73. The number of benzene rings is 1. The number of aliphatic hydroxyl groups is 1. The zero-order chi connectivity index (χ0) is 22.6. The fourth-order valence-electron chi connectivity index (χ4n) is 3.92. The molecule has 1 aliphatic carbocycles. The van der Waals surface area contributed by atoms with Crippen molar-refractivity contribution < 1.29 is 21.9 Å². The van der Waals surface area contributed by atoms with Crippen LogP contribution in [0.4, 0.5) is 0 Å². The molecule has 7 nitrogen and oxygen atoms in total. The Morgan fingerprint density at radius 1 is 1.03 bits per heavy atom. The van der Waals surface area contributed by atoms with Crippen LogP contribution in [0.1, 0.15) is 57.6 Å². The second-order valence-corrected chi connectivity index (χ2v) is 13.1. The largest absolute Gasteiger partial charge is 0.385 e. The first-order valence-electron chi connectivity index (χ1n) is 10.6. The first kappa shape index (κ1) is 25.3. The molecule has 3 N–H and O–H groups in total. The van der Waals surface area contributed by atoms with E-state index in [0.29, 0.717) is 38.3 Å². The lowest BCUT2D eigenvalue weighted by atomic mass is 9.71. The van der Waals surface area contributed by atoms with Crippen molar-refractivity contribution in [2.24, 2.45) is 11.8 Å². The topological polar surface area (TPSA) is 113 Å². The van der Waals surface area contributed by atoms with Crippen molar-refractivity contribution in [3.05, 3.63) is 35.4 Å². The molecule has 1 saturated carbocycles. The van der Waals surface area contributed by atoms with Gasteiger partial charge in [-0.2, -0.15) is 0 Å². The lowest BCUT2D eigenvalue weighted by Gasteiger charge is -2.38. The maximum absolute atomic E-state index is 12.0. The van der Waals surface area contributed by atoms with E-state index in [9.17, 15) is 21.9 Å². The van der Waals surface area contributed by atoms with Crippen LogP contribution in [-0.2, 0) is 32.1 Å². The molecule has 1 aliphatic rings. The first-order valence-corrected chi connectivity index (χ1v) is 14.0. The molecule has 0 heterocycles. The number of hydrogen-bond donors (Lipinski definition) is 3. The summed E-state index contributed by atoms with van der Waals surface area (Å²) in [5.74, 6) is 0.592. The molecule has 0 aliphatic heterocycles. The van der Waals surface area contributed by atoms with Gasteiger partial charge in [0.1, 0.15) is 0 Å². The van der Waals surface area contributed by atoms with Crippen molar-refractivity contribution in [1.82, 2.24) is 9.44 Å². The van der Waals surface area contributed by atoms with Crippen LogP contribution in [0.2, 0.25) is 0 Å². The molecule has 1 fully saturated rings. The predicted octanol–water partition coefficient (Wildman–Crippen LogP) is 2.12. The summed E-state index contributed by atoms with van der Waals surface area (Å²) in [5.41, 5.74) is 1.03. The normalized spacial score (nSPS) is 24.1. The predicted molar refractivity (Wildman–Crippen MR) is 120 cm³/mol. The van der Waals surface area contributed by atoms with Gasteiger partial charge in [-0.25, -0.2) is 26.3 Å². The van der Waals surface area contributed by atoms with Crippen LogP contribution in [0.3, 0.4) is 0 Å². The zero-order valence-electron chi connectivity index (χ0n) is 18.4. The fraction of sp³-hybridized carbons (Fsp3) is 0.714. The van der Waals surface area contributed by atoms with Crippen LogP contribution < -0.4 is 9.44 Å². The Labute approximate surface area is 181 Å². The summed E-state index contributed by atoms with van der Waals surface area (Å²) in [5, 5.41) is 10.7. The average Bonchev–Trinajstić information content (AvgIpc) is 2.66. The molecular formula is C21H36N2O5S2. The molecule has 0 radical (unpaired) electrons. The van der Waals surface area contributed by atoms with Crippen LogP contribution in [0.25, 0.3) is 0 Å². The third-order valence-corrected chi connectivity index (χ3v) is 8.70. The zero-order valence-corrected chi connectivity index (χ0v) is 20.0. The maximum atomic E-state index is 12.0. The molecule has 1 aromatic carbocycles. The molecule has 2 rings (SSSR count). The molecule has 1 aromatic rings. The second-order valence-electron chi connectivity index (χ2n) is 8.90. The summed E-state index contributed by atoms with van der Waals surface area (Å²) in [6.45, 7) is 6.18. The molecule has 30 heavy (non-hydrogen) atoms. The van der Waals surface area contributed by atoms with Gasteiger partial charge in [0.15, 0.2) is 0 Å². The minimum absolute atomic E-state index is 0.216. The van der Waals surface area contributed by atoms with Crippen molar-refractivity contribution in [2.75, 3.05) is 19.3 Å². The summed E-state index contributed by atoms with van der Waals surface area (Å²) in [7, 11) is -6.44. The van der Waals surface area contributed by atoms with E-state index < -0.39 is 30.9 Å². The molecule has 172 valence electrons. The van der Waals surface area contributed by atoms with Crippen LogP contribution in [0.15, 0.2) is 24.3 Å². The second kappa shape index (κ2) is 10.1. The van der Waals surface area contributed by atoms with Crippen molar-refractivity contribution in [3.63, 3.8) is 0 Å². The minimum atomic E-state index is -3.25. The fourth-order valence-corrected chi connectivity index (χ4v) is 5.22. The van der Waals surface area contributed by atoms with E-state index in [-0.39, 0.29) is 5.92 Å². The standard InChI is InChI=1S/C21H36N2O5S2/c1-16(2)30(27,28)23-15-17(3)19-9-12-21(24,13-10-19)20-7-5-18(6-8-20)11-14-22-29(4,25)26/h5-8,16-17,19,22-24H,9-15H2,1-4H3. The number of nitrogens with one attached hydrogen (secondary N) is 2. The van der Waals surface area contributed by atoms with Crippen LogP contribution in [0.5, 0.6) is 0 Å². The molecular weight excluding hydrogens is 424 g/mol. The van der Waals surface area contributed by atoms with E-state index in [1.54, 1.807) is 13.8 Å². The van der Waals surface area contributed by atoms with E-state index in [2.05, 4.69) is 16.4 Å². The smallest absolute Gasteiger partial charge is 0.213 e. The third kappa shape index (κ3) is 7.30. The molecule has 1 unspecified atom stereocenters. The number of sulfonamides is 2. The summed E-state index contributed by atoms with van der Waals surface area (Å²) in [4.78, 5) is 0. The van der Waals surface area contributed by atoms with Gasteiger partial charge in [0.2, 0.25) is 20.0 Å². The Kier molecular flexibility index (Phi) is 8.49. The summed E-state index contributed by atoms with van der Waals surface area (Å²) < 4.78 is 51.4. The molecule has 0 amide bonds. The van der Waals surface area contributed by atoms with Crippen molar-refractivity contribution in [2.45, 2.75) is 63.7 Å². The maximum Gasteiger partial charge on any atom is 0.213 e. The van der Waals surface area contributed by atoms with Crippen LogP contribution >= 0.6 is 0 Å². The van der Waals surface area contributed by atoms with Gasteiger partial charge in [-0.15, -0.1) is 0 Å². The number of hydrogen-bond acceptors (Lipinski definition) is 5. The average molecular weight is 461 g/mol. The number of rotatable bonds is 10. The van der Waals surface area contributed by atoms with Gasteiger partial charge in [0, 0.05) is 13.1 Å². The Balaban J connectivity index is 1.88. The van der Waals surface area contributed by atoms with E-state index in [4.69, 9.17) is 0 Å². The van der Waals surface area contributed by atoms with E-state index in [1.807, 2.05) is 24.3 Å². The highest BCUT2D eigenvalue weighted by Gasteiger charge is 2.36. The van der Waals surface area contributed by atoms with E-state index >= 15 is 0 Å². The summed E-state index contributed by atoms with van der Waals surface area (Å²) in [6.07, 6.45) is 4.73. The molecule has 0 saturated heterocycles. The SMILES string of the molecule is CC(CNS(=O)(=O)C(C)C)C1CCC(O)(c2ccc(CCNS(C)(=O)=O)cc2)CC1. The highest BCUT2D eigenvalue weighted by atomic mass is 32.2. The van der Waals surface area contributed by atoms with Gasteiger partial charge in [-0.05, 0) is 68.9 Å². The highest BCUT2D eigenvalue weighted by molar-refractivity contribution is 7.90. The summed E-state index contributed by atoms with van der Waals surface area (Å²) >= 11 is 0. The Bertz CT molecular complexity index is 888. The lowest BCUT2D eigenvalue weighted by molar-refractivity contribution is -0.0207. The van der Waals surface area contributed by atoms with Crippen LogP contribution in [0, 0.1) is 11.8 Å². The van der Waals surface area contributed by atoms with Crippen molar-refractivity contribution >= 4 is 20.0 Å². The lowest BCUT2D eigenvalue weighted by Crippen LogP contribution is -2.38. The molecule has 0 spiro atoms. The molecule has 0 bridgehead atoms. The minimum Gasteiger partial charge on any atom is -0.385 e. The van der Waals surface area contributed by atoms with Crippen LogP contribution in [-0.4, -0.2) is 46.5 Å². The van der Waals surface area contributed by atoms with E-state index in [1.165, 1.54) is 0 Å². The van der Waals surface area contributed by atoms with E-state index in [0.717, 1.165) is 30.2 Å². The molecule has 0 aromatic heterocycles. The van der Waals surface area contributed by atoms with Gasteiger partial charge >= 0.3 is 0 Å². The Morgan fingerprint density at radius 3 is 2.10 bits per heavy atom. The highest BCUT2D eigenvalue weighted by Crippen LogP contribution is 2.41. The van der Waals surface area contributed by atoms with Gasteiger partial charge < -0.3 is 5.11 Å². The Morgan fingerprint density at radius 2 is 1.60 bits per heavy atom. The van der Waals surface area contributed by atoms with Crippen molar-refractivity contribution in [1.29, 1.82) is 0 Å². The van der Waals surface area contributed by atoms with Gasteiger partial charge in [0.05, 0.1) is 17.1 Å². The quantitative estimate of drug-likeness (QED) is 0.495.